The zero-order valence-corrected chi connectivity index (χ0v) is 21.5. The molecule has 0 fully saturated rings. The molecule has 0 spiro atoms. The number of halogens is 3. The van der Waals surface area contributed by atoms with Crippen molar-refractivity contribution in [1.29, 1.82) is 0 Å². The van der Waals surface area contributed by atoms with Crippen LogP contribution in [0.3, 0.4) is 0 Å². The quantitative estimate of drug-likeness (QED) is 0.172. The van der Waals surface area contributed by atoms with Crippen LogP contribution in [0.2, 0.25) is 0 Å². The van der Waals surface area contributed by atoms with Gasteiger partial charge in [-0.2, -0.15) is 4.99 Å². The van der Waals surface area contributed by atoms with Crippen molar-refractivity contribution in [2.75, 3.05) is 40.0 Å². The van der Waals surface area contributed by atoms with Crippen LogP contribution in [-0.4, -0.2) is 67.8 Å². The standard InChI is InChI=1S/C27H37F3N4O2/c1-6-23(36-15-14-31-13-9-12-28)33-26(35-5)19(3)25-24-21(20-10-7-8-11-22(20)32-24)16-18(2)34(25)17-27(4,29)30/h6-8,10-11,18,25,31-32H,3,9,12-17H2,1-2,4-5H3/b23-6+,33-26+/t18-,25-/m1/s1. The van der Waals surface area contributed by atoms with Gasteiger partial charge in [-0.3, -0.25) is 9.29 Å². The van der Waals surface area contributed by atoms with Gasteiger partial charge in [-0.05, 0) is 50.9 Å². The lowest BCUT2D eigenvalue weighted by molar-refractivity contribution is -0.0366. The van der Waals surface area contributed by atoms with E-state index in [1.807, 2.05) is 31.2 Å². The number of hydrogen-bond donors (Lipinski definition) is 2. The fourth-order valence-electron chi connectivity index (χ4n) is 4.64. The van der Waals surface area contributed by atoms with Gasteiger partial charge in [0, 0.05) is 41.7 Å². The monoisotopic (exact) mass is 506 g/mol. The van der Waals surface area contributed by atoms with Gasteiger partial charge < -0.3 is 19.8 Å². The van der Waals surface area contributed by atoms with Gasteiger partial charge in [-0.15, -0.1) is 0 Å². The molecule has 198 valence electrons. The molecule has 2 atom stereocenters. The number of alkyl halides is 3. The summed E-state index contributed by atoms with van der Waals surface area (Å²) >= 11 is 0. The van der Waals surface area contributed by atoms with Crippen molar-refractivity contribution in [3.8, 4) is 0 Å². The molecular formula is C27H37F3N4O2. The lowest BCUT2D eigenvalue weighted by atomic mass is 9.88. The Morgan fingerprint density at radius 1 is 1.33 bits per heavy atom. The number of nitrogens with zero attached hydrogens (tertiary/aromatic N) is 2. The molecule has 2 N–H and O–H groups in total. The van der Waals surface area contributed by atoms with Crippen molar-refractivity contribution < 1.29 is 22.6 Å². The van der Waals surface area contributed by atoms with E-state index in [1.54, 1.807) is 17.9 Å². The summed E-state index contributed by atoms with van der Waals surface area (Å²) < 4.78 is 52.2. The van der Waals surface area contributed by atoms with Gasteiger partial charge in [-0.25, -0.2) is 8.78 Å². The van der Waals surface area contributed by atoms with Gasteiger partial charge in [0.15, 0.2) is 0 Å². The maximum Gasteiger partial charge on any atom is 0.257 e. The van der Waals surface area contributed by atoms with Crippen LogP contribution in [0.15, 0.2) is 53.4 Å². The van der Waals surface area contributed by atoms with E-state index in [-0.39, 0.29) is 18.6 Å². The molecule has 0 saturated carbocycles. The number of rotatable bonds is 12. The average molecular weight is 507 g/mol. The van der Waals surface area contributed by atoms with Gasteiger partial charge in [0.25, 0.3) is 5.92 Å². The van der Waals surface area contributed by atoms with Crippen molar-refractivity contribution in [3.63, 3.8) is 0 Å². The normalized spacial score (nSPS) is 19.4. The highest BCUT2D eigenvalue weighted by Gasteiger charge is 2.41. The van der Waals surface area contributed by atoms with Gasteiger partial charge in [0.05, 0.1) is 26.4 Å². The van der Waals surface area contributed by atoms with E-state index in [4.69, 9.17) is 9.47 Å². The van der Waals surface area contributed by atoms with Crippen LogP contribution in [0.25, 0.3) is 10.9 Å². The Bertz CT molecular complexity index is 1090. The smallest absolute Gasteiger partial charge is 0.257 e. The van der Waals surface area contributed by atoms with Crippen LogP contribution < -0.4 is 5.32 Å². The second-order valence-corrected chi connectivity index (χ2v) is 9.18. The first-order valence-corrected chi connectivity index (χ1v) is 12.3. The highest BCUT2D eigenvalue weighted by Crippen LogP contribution is 2.42. The van der Waals surface area contributed by atoms with Gasteiger partial charge >= 0.3 is 0 Å². The molecule has 0 radical (unpaired) electrons. The second kappa shape index (κ2) is 12.5. The fourth-order valence-corrected chi connectivity index (χ4v) is 4.64. The molecule has 0 aliphatic carbocycles. The summed E-state index contributed by atoms with van der Waals surface area (Å²) in [5.74, 6) is -2.36. The molecule has 3 rings (SSSR count). The van der Waals surface area contributed by atoms with E-state index in [2.05, 4.69) is 21.9 Å². The predicted octanol–water partition coefficient (Wildman–Crippen LogP) is 5.54. The van der Waals surface area contributed by atoms with Gasteiger partial charge in [0.1, 0.15) is 6.61 Å². The van der Waals surface area contributed by atoms with E-state index in [1.165, 1.54) is 7.11 Å². The molecule has 0 bridgehead atoms. The molecule has 0 saturated heterocycles. The van der Waals surface area contributed by atoms with Crippen LogP contribution in [0.1, 0.15) is 44.5 Å². The van der Waals surface area contributed by atoms with Crippen molar-refractivity contribution in [2.24, 2.45) is 4.99 Å². The number of aliphatic imine (C=N–C) groups is 1. The average Bonchev–Trinajstić information content (AvgIpc) is 3.20. The molecule has 1 aliphatic heterocycles. The number of H-pyrrole nitrogens is 1. The van der Waals surface area contributed by atoms with Crippen LogP contribution in [-0.2, 0) is 15.9 Å². The first kappa shape index (κ1) is 27.8. The molecule has 1 aromatic carbocycles. The van der Waals surface area contributed by atoms with Crippen molar-refractivity contribution in [1.82, 2.24) is 15.2 Å². The number of aromatic amines is 1. The minimum Gasteiger partial charge on any atom is -0.481 e. The van der Waals surface area contributed by atoms with E-state index in [0.29, 0.717) is 44.0 Å². The summed E-state index contributed by atoms with van der Waals surface area (Å²) in [5, 5.41) is 4.17. The van der Waals surface area contributed by atoms with E-state index in [0.717, 1.165) is 29.1 Å². The van der Waals surface area contributed by atoms with Crippen LogP contribution in [0.4, 0.5) is 13.2 Å². The number of nitrogens with one attached hydrogen (secondary N) is 2. The van der Waals surface area contributed by atoms with Crippen molar-refractivity contribution in [3.05, 3.63) is 59.6 Å². The summed E-state index contributed by atoms with van der Waals surface area (Å²) in [5.41, 5.74) is 3.34. The van der Waals surface area contributed by atoms with Gasteiger partial charge in [0.2, 0.25) is 11.8 Å². The molecule has 6 nitrogen and oxygen atoms in total. The van der Waals surface area contributed by atoms with Crippen molar-refractivity contribution in [2.45, 2.75) is 51.6 Å². The number of aromatic nitrogens is 1. The molecule has 0 unspecified atom stereocenters. The summed E-state index contributed by atoms with van der Waals surface area (Å²) in [6.07, 6.45) is 2.78. The Morgan fingerprint density at radius 2 is 2.08 bits per heavy atom. The molecule has 1 aromatic heterocycles. The summed E-state index contributed by atoms with van der Waals surface area (Å²) in [6.45, 7) is 9.57. The second-order valence-electron chi connectivity index (χ2n) is 9.18. The Kier molecular flexibility index (Phi) is 9.62. The van der Waals surface area contributed by atoms with E-state index < -0.39 is 18.5 Å². The fraction of sp³-hybridized carbons (Fsp3) is 0.519. The number of benzene rings is 1. The zero-order valence-electron chi connectivity index (χ0n) is 21.5. The van der Waals surface area contributed by atoms with E-state index in [9.17, 15) is 13.2 Å². The maximum absolute atomic E-state index is 14.3. The van der Waals surface area contributed by atoms with Crippen LogP contribution >= 0.6 is 0 Å². The minimum atomic E-state index is -2.90. The topological polar surface area (TPSA) is 61.9 Å². The lowest BCUT2D eigenvalue weighted by Crippen LogP contribution is -2.48. The Hall–Kier alpha value is -2.78. The highest BCUT2D eigenvalue weighted by atomic mass is 19.3. The zero-order chi connectivity index (χ0) is 26.3. The number of fused-ring (bicyclic) bond motifs is 3. The largest absolute Gasteiger partial charge is 0.481 e. The third-order valence-corrected chi connectivity index (χ3v) is 6.25. The Morgan fingerprint density at radius 3 is 2.75 bits per heavy atom. The Labute approximate surface area is 211 Å². The molecule has 36 heavy (non-hydrogen) atoms. The molecule has 9 heteroatoms. The SMILES string of the molecule is C=C(/C(=N\C(=C/C)OCCNCCCF)OC)[C@@H]1c2[nH]c3ccccc3c2C[C@@H](C)N1CC(C)(F)F. The number of para-hydroxylation sites is 1. The summed E-state index contributed by atoms with van der Waals surface area (Å²) in [6, 6.07) is 7.20. The number of ether oxygens (including phenoxy) is 2. The summed E-state index contributed by atoms with van der Waals surface area (Å²) in [7, 11) is 1.48. The third kappa shape index (κ3) is 6.70. The molecule has 2 heterocycles. The Balaban J connectivity index is 1.92. The first-order valence-electron chi connectivity index (χ1n) is 12.3. The minimum absolute atomic E-state index is 0.157. The molecule has 0 amide bonds. The molecular weight excluding hydrogens is 469 g/mol. The number of methoxy groups -OCH3 is 1. The van der Waals surface area contributed by atoms with E-state index >= 15 is 0 Å². The van der Waals surface area contributed by atoms with Crippen molar-refractivity contribution >= 4 is 16.8 Å². The number of allylic oxidation sites excluding steroid dienone is 1. The molecule has 1 aliphatic rings. The lowest BCUT2D eigenvalue weighted by Gasteiger charge is -2.42. The van der Waals surface area contributed by atoms with Crippen LogP contribution in [0, 0.1) is 0 Å². The number of hydrogen-bond acceptors (Lipinski definition) is 5. The van der Waals surface area contributed by atoms with Gasteiger partial charge in [-0.1, -0.05) is 24.8 Å². The maximum atomic E-state index is 14.3. The third-order valence-electron chi connectivity index (χ3n) is 6.25. The molecule has 2 aromatic rings. The predicted molar refractivity (Wildman–Crippen MR) is 138 cm³/mol. The highest BCUT2D eigenvalue weighted by molar-refractivity contribution is 5.95. The first-order chi connectivity index (χ1) is 17.2. The summed E-state index contributed by atoms with van der Waals surface area (Å²) in [4.78, 5) is 9.74. The van der Waals surface area contributed by atoms with Crippen LogP contribution in [0.5, 0.6) is 0 Å².